The summed E-state index contributed by atoms with van der Waals surface area (Å²) < 4.78 is 1.80. The third-order valence-corrected chi connectivity index (χ3v) is 4.30. The second kappa shape index (κ2) is 7.29. The third-order valence-electron chi connectivity index (χ3n) is 4.30. The summed E-state index contributed by atoms with van der Waals surface area (Å²) in [5, 5.41) is 11.5. The van der Waals surface area contributed by atoms with E-state index in [-0.39, 0.29) is 5.91 Å². The average molecular weight is 357 g/mol. The van der Waals surface area contributed by atoms with E-state index in [4.69, 9.17) is 0 Å². The predicted molar refractivity (Wildman–Crippen MR) is 103 cm³/mol. The van der Waals surface area contributed by atoms with Crippen molar-refractivity contribution < 1.29 is 4.79 Å². The molecule has 0 aliphatic carbocycles. The van der Waals surface area contributed by atoms with E-state index in [2.05, 4.69) is 15.3 Å². The van der Waals surface area contributed by atoms with Gasteiger partial charge in [0.05, 0.1) is 17.6 Å². The maximum absolute atomic E-state index is 12.7. The van der Waals surface area contributed by atoms with Crippen LogP contribution in [0.25, 0.3) is 16.9 Å². The highest BCUT2D eigenvalue weighted by molar-refractivity contribution is 5.93. The number of H-pyrrole nitrogens is 1. The summed E-state index contributed by atoms with van der Waals surface area (Å²) in [6.07, 6.45) is 3.71. The highest BCUT2D eigenvalue weighted by atomic mass is 16.2. The molecule has 0 fully saturated rings. The average Bonchev–Trinajstić information content (AvgIpc) is 3.39. The summed E-state index contributed by atoms with van der Waals surface area (Å²) in [4.78, 5) is 14.3. The van der Waals surface area contributed by atoms with Crippen LogP contribution in [-0.4, -0.2) is 37.8 Å². The Morgan fingerprint density at radius 1 is 1.07 bits per heavy atom. The molecule has 0 unspecified atom stereocenters. The van der Waals surface area contributed by atoms with E-state index in [0.717, 1.165) is 22.5 Å². The van der Waals surface area contributed by atoms with Crippen molar-refractivity contribution in [2.45, 2.75) is 6.54 Å². The molecule has 4 aromatic rings. The van der Waals surface area contributed by atoms with Gasteiger partial charge in [0, 0.05) is 30.9 Å². The number of hydrogen-bond acceptors (Lipinski definition) is 3. The topological polar surface area (TPSA) is 66.8 Å². The van der Waals surface area contributed by atoms with Crippen molar-refractivity contribution in [3.8, 4) is 16.9 Å². The minimum absolute atomic E-state index is 0.114. The number of para-hydroxylation sites is 1. The van der Waals surface area contributed by atoms with Gasteiger partial charge in [0.1, 0.15) is 5.69 Å². The van der Waals surface area contributed by atoms with Gasteiger partial charge in [-0.2, -0.15) is 10.2 Å². The van der Waals surface area contributed by atoms with Gasteiger partial charge >= 0.3 is 0 Å². The van der Waals surface area contributed by atoms with E-state index in [9.17, 15) is 4.79 Å². The van der Waals surface area contributed by atoms with E-state index in [1.54, 1.807) is 28.9 Å². The standard InChI is InChI=1S/C21H19N5O/c1-25(14-16-13-22-26(15-16)18-10-6-3-7-11-18)21(27)20-12-19(23-24-20)17-8-4-2-5-9-17/h2-13,15H,14H2,1H3,(H,23,24). The zero-order valence-corrected chi connectivity index (χ0v) is 14.9. The summed E-state index contributed by atoms with van der Waals surface area (Å²) in [5.41, 5.74) is 4.13. The largest absolute Gasteiger partial charge is 0.336 e. The zero-order valence-electron chi connectivity index (χ0n) is 14.9. The minimum Gasteiger partial charge on any atom is -0.336 e. The molecule has 0 aliphatic rings. The Balaban J connectivity index is 1.46. The SMILES string of the molecule is CN(Cc1cnn(-c2ccccc2)c1)C(=O)c1cc(-c2ccccc2)n[nH]1. The molecule has 0 saturated heterocycles. The van der Waals surface area contributed by atoms with Crippen molar-refractivity contribution in [3.63, 3.8) is 0 Å². The maximum atomic E-state index is 12.7. The van der Waals surface area contributed by atoms with Crippen LogP contribution in [0.1, 0.15) is 16.1 Å². The van der Waals surface area contributed by atoms with Crippen molar-refractivity contribution >= 4 is 5.91 Å². The molecule has 0 spiro atoms. The molecule has 2 aromatic carbocycles. The van der Waals surface area contributed by atoms with Gasteiger partial charge < -0.3 is 4.90 Å². The van der Waals surface area contributed by atoms with Crippen LogP contribution in [0.4, 0.5) is 0 Å². The van der Waals surface area contributed by atoms with Gasteiger partial charge in [-0.05, 0) is 18.2 Å². The molecular formula is C21H19N5O. The van der Waals surface area contributed by atoms with Gasteiger partial charge in [-0.1, -0.05) is 48.5 Å². The molecule has 27 heavy (non-hydrogen) atoms. The van der Waals surface area contributed by atoms with Crippen molar-refractivity contribution in [1.29, 1.82) is 0 Å². The molecule has 4 rings (SSSR count). The lowest BCUT2D eigenvalue weighted by Gasteiger charge is -2.14. The molecule has 6 heteroatoms. The third kappa shape index (κ3) is 3.64. The first-order valence-electron chi connectivity index (χ1n) is 8.66. The van der Waals surface area contributed by atoms with Gasteiger partial charge in [-0.3, -0.25) is 9.89 Å². The molecule has 134 valence electrons. The van der Waals surface area contributed by atoms with Gasteiger partial charge in [0.25, 0.3) is 5.91 Å². The predicted octanol–water partition coefficient (Wildman–Crippen LogP) is 3.53. The van der Waals surface area contributed by atoms with E-state index in [1.165, 1.54) is 0 Å². The molecule has 0 aliphatic heterocycles. The molecule has 1 N–H and O–H groups in total. The Hall–Kier alpha value is -3.67. The first-order chi connectivity index (χ1) is 13.2. The number of hydrogen-bond donors (Lipinski definition) is 1. The number of aromatic nitrogens is 4. The van der Waals surface area contributed by atoms with Crippen LogP contribution >= 0.6 is 0 Å². The number of rotatable bonds is 5. The summed E-state index contributed by atoms with van der Waals surface area (Å²) in [6, 6.07) is 21.4. The van der Waals surface area contributed by atoms with Crippen LogP contribution in [0, 0.1) is 0 Å². The van der Waals surface area contributed by atoms with Crippen LogP contribution in [-0.2, 0) is 6.54 Å². The van der Waals surface area contributed by atoms with Gasteiger partial charge in [-0.15, -0.1) is 0 Å². The quantitative estimate of drug-likeness (QED) is 0.594. The van der Waals surface area contributed by atoms with Crippen LogP contribution in [0.5, 0.6) is 0 Å². The van der Waals surface area contributed by atoms with Crippen LogP contribution < -0.4 is 0 Å². The summed E-state index contributed by atoms with van der Waals surface area (Å²) in [6.45, 7) is 0.464. The molecule has 1 amide bonds. The Morgan fingerprint density at radius 3 is 2.52 bits per heavy atom. The van der Waals surface area contributed by atoms with E-state index in [0.29, 0.717) is 12.2 Å². The first kappa shape index (κ1) is 16.8. The smallest absolute Gasteiger partial charge is 0.271 e. The van der Waals surface area contributed by atoms with E-state index >= 15 is 0 Å². The highest BCUT2D eigenvalue weighted by Gasteiger charge is 2.16. The summed E-state index contributed by atoms with van der Waals surface area (Å²) in [5.74, 6) is -0.114. The van der Waals surface area contributed by atoms with Crippen LogP contribution in [0.3, 0.4) is 0 Å². The van der Waals surface area contributed by atoms with Gasteiger partial charge in [0.2, 0.25) is 0 Å². The lowest BCUT2D eigenvalue weighted by molar-refractivity contribution is 0.0779. The number of carbonyl (C=O) groups excluding carboxylic acids is 1. The van der Waals surface area contributed by atoms with Crippen LogP contribution in [0.2, 0.25) is 0 Å². The zero-order chi connectivity index (χ0) is 18.6. The summed E-state index contributed by atoms with van der Waals surface area (Å²) >= 11 is 0. The molecule has 0 atom stereocenters. The Labute approximate surface area is 157 Å². The molecule has 2 aromatic heterocycles. The fourth-order valence-corrected chi connectivity index (χ4v) is 2.90. The minimum atomic E-state index is -0.114. The van der Waals surface area contributed by atoms with E-state index < -0.39 is 0 Å². The number of nitrogens with zero attached hydrogens (tertiary/aromatic N) is 4. The second-order valence-electron chi connectivity index (χ2n) is 6.32. The van der Waals surface area contributed by atoms with E-state index in [1.807, 2.05) is 66.9 Å². The molecule has 0 saturated carbocycles. The second-order valence-corrected chi connectivity index (χ2v) is 6.32. The van der Waals surface area contributed by atoms with Gasteiger partial charge in [0.15, 0.2) is 0 Å². The number of benzene rings is 2. The molecule has 0 radical (unpaired) electrons. The van der Waals surface area contributed by atoms with Gasteiger partial charge in [-0.25, -0.2) is 4.68 Å². The first-order valence-corrected chi connectivity index (χ1v) is 8.66. The normalized spacial score (nSPS) is 10.7. The fraction of sp³-hybridized carbons (Fsp3) is 0.0952. The Morgan fingerprint density at radius 2 is 1.78 bits per heavy atom. The Kier molecular flexibility index (Phi) is 4.53. The molecule has 2 heterocycles. The van der Waals surface area contributed by atoms with Crippen molar-refractivity contribution in [3.05, 3.63) is 90.4 Å². The number of nitrogens with one attached hydrogen (secondary N) is 1. The molecule has 6 nitrogen and oxygen atoms in total. The number of amides is 1. The molecular weight excluding hydrogens is 338 g/mol. The summed E-state index contributed by atoms with van der Waals surface area (Å²) in [7, 11) is 1.77. The monoisotopic (exact) mass is 357 g/mol. The van der Waals surface area contributed by atoms with Crippen molar-refractivity contribution in [2.75, 3.05) is 7.05 Å². The lowest BCUT2D eigenvalue weighted by atomic mass is 10.1. The van der Waals surface area contributed by atoms with Crippen molar-refractivity contribution in [1.82, 2.24) is 24.9 Å². The maximum Gasteiger partial charge on any atom is 0.271 e. The lowest BCUT2D eigenvalue weighted by Crippen LogP contribution is -2.26. The van der Waals surface area contributed by atoms with Crippen LogP contribution in [0.15, 0.2) is 79.1 Å². The highest BCUT2D eigenvalue weighted by Crippen LogP contribution is 2.18. The fourth-order valence-electron chi connectivity index (χ4n) is 2.90. The molecule has 0 bridgehead atoms. The van der Waals surface area contributed by atoms with Crippen molar-refractivity contribution in [2.24, 2.45) is 0 Å². The number of aromatic amines is 1. The number of carbonyl (C=O) groups is 1. The Bertz CT molecular complexity index is 1040.